The molecule has 140 valence electrons. The van der Waals surface area contributed by atoms with Crippen molar-refractivity contribution in [3.05, 3.63) is 52.2 Å². The number of aliphatic hydroxyl groups excluding tert-OH is 1. The first-order chi connectivity index (χ1) is 13.2. The second-order valence-electron chi connectivity index (χ2n) is 6.48. The second kappa shape index (κ2) is 8.21. The molecule has 7 heteroatoms. The van der Waals surface area contributed by atoms with Crippen molar-refractivity contribution < 1.29 is 9.90 Å². The van der Waals surface area contributed by atoms with Crippen LogP contribution in [0.25, 0.3) is 16.3 Å². The van der Waals surface area contributed by atoms with Crippen molar-refractivity contribution in [3.63, 3.8) is 0 Å². The zero-order valence-corrected chi connectivity index (χ0v) is 16.5. The number of fused-ring (bicyclic) bond motifs is 1. The Morgan fingerprint density at radius 2 is 2.11 bits per heavy atom. The third-order valence-electron chi connectivity index (χ3n) is 4.61. The molecule has 0 bridgehead atoms. The first-order valence-electron chi connectivity index (χ1n) is 8.99. The van der Waals surface area contributed by atoms with Gasteiger partial charge in [0.05, 0.1) is 16.8 Å². The molecule has 1 aromatic carbocycles. The van der Waals surface area contributed by atoms with Gasteiger partial charge in [-0.2, -0.15) is 0 Å². The van der Waals surface area contributed by atoms with Crippen molar-refractivity contribution >= 4 is 50.0 Å². The SMILES string of the molecule is O=C(/C=C/c1cc(CO)cs1)N1CCCN(c2nc3ccccc3s2)CC1. The van der Waals surface area contributed by atoms with Gasteiger partial charge in [0.15, 0.2) is 5.13 Å². The molecule has 0 unspecified atom stereocenters. The number of para-hydroxylation sites is 1. The molecule has 3 aromatic rings. The highest BCUT2D eigenvalue weighted by Gasteiger charge is 2.20. The summed E-state index contributed by atoms with van der Waals surface area (Å²) < 4.78 is 1.20. The lowest BCUT2D eigenvalue weighted by atomic mass is 10.3. The minimum Gasteiger partial charge on any atom is -0.392 e. The van der Waals surface area contributed by atoms with Crippen LogP contribution in [0.1, 0.15) is 16.9 Å². The molecule has 1 fully saturated rings. The zero-order chi connectivity index (χ0) is 18.6. The van der Waals surface area contributed by atoms with E-state index in [2.05, 4.69) is 11.0 Å². The average Bonchev–Trinajstić information content (AvgIpc) is 3.26. The Morgan fingerprint density at radius 3 is 2.93 bits per heavy atom. The lowest BCUT2D eigenvalue weighted by Gasteiger charge is -2.20. The number of amides is 1. The lowest BCUT2D eigenvalue weighted by molar-refractivity contribution is -0.125. The Kier molecular flexibility index (Phi) is 5.52. The van der Waals surface area contributed by atoms with Crippen LogP contribution in [0.15, 0.2) is 41.8 Å². The largest absolute Gasteiger partial charge is 0.392 e. The van der Waals surface area contributed by atoms with E-state index in [1.807, 2.05) is 40.6 Å². The molecule has 0 spiro atoms. The number of hydrogen-bond donors (Lipinski definition) is 1. The molecule has 3 heterocycles. The van der Waals surface area contributed by atoms with Crippen molar-refractivity contribution in [3.8, 4) is 0 Å². The van der Waals surface area contributed by atoms with Gasteiger partial charge in [0.25, 0.3) is 0 Å². The van der Waals surface area contributed by atoms with Crippen LogP contribution < -0.4 is 4.90 Å². The molecule has 0 aliphatic carbocycles. The van der Waals surface area contributed by atoms with E-state index in [1.165, 1.54) is 16.0 Å². The van der Waals surface area contributed by atoms with E-state index in [0.717, 1.165) is 47.1 Å². The summed E-state index contributed by atoms with van der Waals surface area (Å²) in [5.41, 5.74) is 1.92. The van der Waals surface area contributed by atoms with Gasteiger partial charge in [0, 0.05) is 37.1 Å². The molecule has 1 amide bonds. The minimum absolute atomic E-state index is 0.0337. The van der Waals surface area contributed by atoms with E-state index in [4.69, 9.17) is 10.1 Å². The molecular weight excluding hydrogens is 378 g/mol. The van der Waals surface area contributed by atoms with E-state index in [0.29, 0.717) is 6.54 Å². The van der Waals surface area contributed by atoms with Crippen molar-refractivity contribution in [2.45, 2.75) is 13.0 Å². The van der Waals surface area contributed by atoms with Crippen LogP contribution >= 0.6 is 22.7 Å². The summed E-state index contributed by atoms with van der Waals surface area (Å²) in [6, 6.07) is 10.1. The third-order valence-corrected chi connectivity index (χ3v) is 6.65. The van der Waals surface area contributed by atoms with E-state index in [1.54, 1.807) is 17.4 Å². The summed E-state index contributed by atoms with van der Waals surface area (Å²) in [5.74, 6) is 0.0418. The Balaban J connectivity index is 1.39. The van der Waals surface area contributed by atoms with Gasteiger partial charge in [-0.25, -0.2) is 4.98 Å². The van der Waals surface area contributed by atoms with Crippen molar-refractivity contribution in [2.24, 2.45) is 0 Å². The van der Waals surface area contributed by atoms with Gasteiger partial charge in [-0.3, -0.25) is 4.79 Å². The van der Waals surface area contributed by atoms with Crippen molar-refractivity contribution in [1.82, 2.24) is 9.88 Å². The molecule has 0 saturated carbocycles. The number of rotatable bonds is 4. The normalized spacial score (nSPS) is 15.6. The van der Waals surface area contributed by atoms with E-state index in [-0.39, 0.29) is 12.5 Å². The van der Waals surface area contributed by atoms with Gasteiger partial charge in [-0.05, 0) is 41.6 Å². The van der Waals surface area contributed by atoms with Crippen molar-refractivity contribution in [2.75, 3.05) is 31.1 Å². The third kappa shape index (κ3) is 4.21. The number of carbonyl (C=O) groups is 1. The maximum atomic E-state index is 12.5. The van der Waals surface area contributed by atoms with Crippen LogP contribution in [0.4, 0.5) is 5.13 Å². The van der Waals surface area contributed by atoms with Crippen molar-refractivity contribution in [1.29, 1.82) is 0 Å². The summed E-state index contributed by atoms with van der Waals surface area (Å²) in [5, 5.41) is 12.1. The molecule has 0 atom stereocenters. The summed E-state index contributed by atoms with van der Waals surface area (Å²) in [4.78, 5) is 22.5. The number of anilines is 1. The average molecular weight is 400 g/mol. The quantitative estimate of drug-likeness (QED) is 0.681. The predicted octanol–water partition coefficient (Wildman–Crippen LogP) is 3.60. The van der Waals surface area contributed by atoms with Gasteiger partial charge in [-0.15, -0.1) is 11.3 Å². The van der Waals surface area contributed by atoms with Gasteiger partial charge in [-0.1, -0.05) is 23.5 Å². The maximum Gasteiger partial charge on any atom is 0.246 e. The highest BCUT2D eigenvalue weighted by Crippen LogP contribution is 2.29. The fourth-order valence-electron chi connectivity index (χ4n) is 3.15. The fourth-order valence-corrected chi connectivity index (χ4v) is 4.96. The molecule has 4 rings (SSSR count). The molecule has 1 aliphatic heterocycles. The molecule has 5 nitrogen and oxygen atoms in total. The number of thiazole rings is 1. The first-order valence-corrected chi connectivity index (χ1v) is 10.7. The van der Waals surface area contributed by atoms with Gasteiger partial charge in [0.2, 0.25) is 5.91 Å². The Morgan fingerprint density at radius 1 is 1.22 bits per heavy atom. The molecule has 1 N–H and O–H groups in total. The molecule has 1 aliphatic rings. The van der Waals surface area contributed by atoms with Crippen LogP contribution in [0.5, 0.6) is 0 Å². The topological polar surface area (TPSA) is 56.7 Å². The number of nitrogens with zero attached hydrogens (tertiary/aromatic N) is 3. The smallest absolute Gasteiger partial charge is 0.246 e. The first kappa shape index (κ1) is 18.2. The summed E-state index contributed by atoms with van der Waals surface area (Å²) >= 11 is 3.25. The molecule has 0 radical (unpaired) electrons. The Hall–Kier alpha value is -2.22. The van der Waals surface area contributed by atoms with Gasteiger partial charge >= 0.3 is 0 Å². The Labute approximate surface area is 166 Å². The summed E-state index contributed by atoms with van der Waals surface area (Å²) in [6.07, 6.45) is 4.41. The Bertz CT molecular complexity index is 930. The summed E-state index contributed by atoms with van der Waals surface area (Å²) in [7, 11) is 0. The molecule has 1 saturated heterocycles. The van der Waals surface area contributed by atoms with Crippen LogP contribution in [-0.4, -0.2) is 47.1 Å². The molecular formula is C20H21N3O2S2. The second-order valence-corrected chi connectivity index (χ2v) is 8.43. The lowest BCUT2D eigenvalue weighted by Crippen LogP contribution is -2.34. The number of hydrogen-bond acceptors (Lipinski definition) is 6. The maximum absolute atomic E-state index is 12.5. The van der Waals surface area contributed by atoms with E-state index in [9.17, 15) is 4.79 Å². The zero-order valence-electron chi connectivity index (χ0n) is 14.9. The van der Waals surface area contributed by atoms with Crippen LogP contribution in [-0.2, 0) is 11.4 Å². The van der Waals surface area contributed by atoms with Crippen LogP contribution in [0.2, 0.25) is 0 Å². The summed E-state index contributed by atoms with van der Waals surface area (Å²) in [6.45, 7) is 3.21. The number of carbonyl (C=O) groups excluding carboxylic acids is 1. The fraction of sp³-hybridized carbons (Fsp3) is 0.300. The number of aromatic nitrogens is 1. The predicted molar refractivity (Wildman–Crippen MR) is 112 cm³/mol. The standard InChI is InChI=1S/C20H21N3O2S2/c24-13-15-12-16(26-14-15)6-7-19(25)22-8-3-9-23(11-10-22)20-21-17-4-1-2-5-18(17)27-20/h1-2,4-7,12,14,24H,3,8-11,13H2/b7-6+. The number of thiophene rings is 1. The van der Waals surface area contributed by atoms with E-state index >= 15 is 0 Å². The van der Waals surface area contributed by atoms with Gasteiger partial charge in [0.1, 0.15) is 0 Å². The van der Waals surface area contributed by atoms with Crippen LogP contribution in [0, 0.1) is 0 Å². The van der Waals surface area contributed by atoms with E-state index < -0.39 is 0 Å². The molecule has 27 heavy (non-hydrogen) atoms. The van der Waals surface area contributed by atoms with Gasteiger partial charge < -0.3 is 14.9 Å². The molecule has 2 aromatic heterocycles. The monoisotopic (exact) mass is 399 g/mol. The van der Waals surface area contributed by atoms with Crippen LogP contribution in [0.3, 0.4) is 0 Å². The highest BCUT2D eigenvalue weighted by atomic mass is 32.1. The minimum atomic E-state index is 0.0337. The highest BCUT2D eigenvalue weighted by molar-refractivity contribution is 7.22. The number of benzene rings is 1. The number of aliphatic hydroxyl groups is 1.